The summed E-state index contributed by atoms with van der Waals surface area (Å²) in [4.78, 5) is 11.8. The molecule has 21 heavy (non-hydrogen) atoms. The maximum absolute atomic E-state index is 11.8. The maximum atomic E-state index is 11.8. The van der Waals surface area contributed by atoms with Crippen molar-refractivity contribution in [3.63, 3.8) is 0 Å². The summed E-state index contributed by atoms with van der Waals surface area (Å²) in [6, 6.07) is 9.15. The van der Waals surface area contributed by atoms with Crippen LogP contribution in [0, 0.1) is 18.8 Å². The lowest BCUT2D eigenvalue weighted by Crippen LogP contribution is -2.22. The Hall–Kier alpha value is -2.58. The number of nitrogens with one attached hydrogen (secondary N) is 1. The smallest absolute Gasteiger partial charge is 0.290 e. The highest BCUT2D eigenvalue weighted by Crippen LogP contribution is 2.05. The Labute approximate surface area is 123 Å². The minimum Gasteiger partial charge on any atom is -0.395 e. The molecule has 0 saturated carbocycles. The summed E-state index contributed by atoms with van der Waals surface area (Å²) in [5, 5.41) is 15.1. The lowest BCUT2D eigenvalue weighted by Gasteiger charge is -2.03. The standard InChI is InChI=1S/C16H16N2O3/c1-12-10-15(21-18-12)16(20)17-11-14-7-5-13(6-8-14)4-2-3-9-19/h5-8,10,19H,3,9,11H2,1H3,(H,17,20). The van der Waals surface area contributed by atoms with E-state index in [1.807, 2.05) is 24.3 Å². The molecule has 0 saturated heterocycles. The van der Waals surface area contributed by atoms with Gasteiger partial charge in [-0.05, 0) is 24.6 Å². The Kier molecular flexibility index (Phi) is 5.13. The molecule has 0 radical (unpaired) electrons. The van der Waals surface area contributed by atoms with Gasteiger partial charge in [-0.15, -0.1) is 0 Å². The quantitative estimate of drug-likeness (QED) is 0.837. The van der Waals surface area contributed by atoms with Crippen LogP contribution in [0.4, 0.5) is 0 Å². The molecule has 108 valence electrons. The van der Waals surface area contributed by atoms with E-state index in [9.17, 15) is 4.79 Å². The van der Waals surface area contributed by atoms with Crippen LogP contribution in [-0.2, 0) is 6.54 Å². The van der Waals surface area contributed by atoms with Crippen molar-refractivity contribution >= 4 is 5.91 Å². The first kappa shape index (κ1) is 14.8. The number of aliphatic hydroxyl groups excluding tert-OH is 1. The van der Waals surface area contributed by atoms with Crippen molar-refractivity contribution in [2.75, 3.05) is 6.61 Å². The second kappa shape index (κ2) is 7.27. The number of carbonyl (C=O) groups excluding carboxylic acids is 1. The monoisotopic (exact) mass is 284 g/mol. The van der Waals surface area contributed by atoms with Gasteiger partial charge in [-0.25, -0.2) is 0 Å². The van der Waals surface area contributed by atoms with Crippen LogP contribution in [0.3, 0.4) is 0 Å². The number of aliphatic hydroxyl groups is 1. The molecular formula is C16H16N2O3. The summed E-state index contributed by atoms with van der Waals surface area (Å²) in [6.07, 6.45) is 0.467. The maximum Gasteiger partial charge on any atom is 0.290 e. The number of benzene rings is 1. The minimum atomic E-state index is -0.289. The summed E-state index contributed by atoms with van der Waals surface area (Å²) in [5.74, 6) is 5.72. The molecule has 0 aliphatic rings. The van der Waals surface area contributed by atoms with Gasteiger partial charge in [0.15, 0.2) is 0 Å². The molecule has 2 N–H and O–H groups in total. The number of hydrogen-bond donors (Lipinski definition) is 2. The number of hydrogen-bond acceptors (Lipinski definition) is 4. The van der Waals surface area contributed by atoms with Crippen LogP contribution in [-0.4, -0.2) is 22.8 Å². The number of rotatable bonds is 4. The zero-order valence-electron chi connectivity index (χ0n) is 11.7. The van der Waals surface area contributed by atoms with Crippen LogP contribution in [0.25, 0.3) is 0 Å². The van der Waals surface area contributed by atoms with E-state index in [1.165, 1.54) is 0 Å². The van der Waals surface area contributed by atoms with E-state index < -0.39 is 0 Å². The lowest BCUT2D eigenvalue weighted by molar-refractivity contribution is 0.0914. The summed E-state index contributed by atoms with van der Waals surface area (Å²) in [7, 11) is 0. The molecule has 0 aliphatic carbocycles. The highest BCUT2D eigenvalue weighted by Gasteiger charge is 2.10. The Morgan fingerprint density at radius 1 is 1.38 bits per heavy atom. The van der Waals surface area contributed by atoms with Gasteiger partial charge in [0.1, 0.15) is 0 Å². The normalized spacial score (nSPS) is 9.81. The lowest BCUT2D eigenvalue weighted by atomic mass is 10.1. The molecule has 5 heteroatoms. The third-order valence-corrected chi connectivity index (χ3v) is 2.73. The van der Waals surface area contributed by atoms with Gasteiger partial charge in [-0.1, -0.05) is 29.1 Å². The van der Waals surface area contributed by atoms with Crippen molar-refractivity contribution in [1.82, 2.24) is 10.5 Å². The van der Waals surface area contributed by atoms with E-state index in [0.29, 0.717) is 18.7 Å². The van der Waals surface area contributed by atoms with Crippen LogP contribution < -0.4 is 5.32 Å². The Bertz CT molecular complexity index is 663. The van der Waals surface area contributed by atoms with Crippen molar-refractivity contribution in [3.8, 4) is 11.8 Å². The Balaban J connectivity index is 1.89. The molecule has 1 aromatic carbocycles. The first-order valence-corrected chi connectivity index (χ1v) is 6.59. The fourth-order valence-electron chi connectivity index (χ4n) is 1.67. The van der Waals surface area contributed by atoms with Gasteiger partial charge in [0.25, 0.3) is 5.91 Å². The first-order valence-electron chi connectivity index (χ1n) is 6.59. The minimum absolute atomic E-state index is 0.0677. The first-order chi connectivity index (χ1) is 10.2. The third-order valence-electron chi connectivity index (χ3n) is 2.73. The predicted molar refractivity (Wildman–Crippen MR) is 77.4 cm³/mol. The highest BCUT2D eigenvalue weighted by atomic mass is 16.5. The molecule has 0 spiro atoms. The molecule has 1 aromatic heterocycles. The average molecular weight is 284 g/mol. The summed E-state index contributed by atoms with van der Waals surface area (Å²) < 4.78 is 4.89. The molecule has 5 nitrogen and oxygen atoms in total. The largest absolute Gasteiger partial charge is 0.395 e. The number of amides is 1. The van der Waals surface area contributed by atoms with E-state index in [0.717, 1.165) is 11.1 Å². The van der Waals surface area contributed by atoms with Crippen molar-refractivity contribution in [1.29, 1.82) is 0 Å². The number of aromatic nitrogens is 1. The summed E-state index contributed by atoms with van der Waals surface area (Å²) >= 11 is 0. The van der Waals surface area contributed by atoms with Crippen LogP contribution in [0.1, 0.15) is 33.8 Å². The van der Waals surface area contributed by atoms with Crippen molar-refractivity contribution in [2.45, 2.75) is 19.9 Å². The summed E-state index contributed by atoms with van der Waals surface area (Å²) in [6.45, 7) is 2.23. The molecule has 0 fully saturated rings. The van der Waals surface area contributed by atoms with Crippen molar-refractivity contribution in [2.24, 2.45) is 0 Å². The molecule has 0 unspecified atom stereocenters. The van der Waals surface area contributed by atoms with Gasteiger partial charge in [-0.2, -0.15) is 0 Å². The van der Waals surface area contributed by atoms with E-state index in [1.54, 1.807) is 13.0 Å². The van der Waals surface area contributed by atoms with E-state index in [4.69, 9.17) is 9.63 Å². The second-order valence-corrected chi connectivity index (χ2v) is 4.49. The third kappa shape index (κ3) is 4.48. The fourth-order valence-corrected chi connectivity index (χ4v) is 1.67. The van der Waals surface area contributed by atoms with Gasteiger partial charge in [-0.3, -0.25) is 4.79 Å². The van der Waals surface area contributed by atoms with Crippen molar-refractivity contribution < 1.29 is 14.4 Å². The number of aryl methyl sites for hydroxylation is 1. The highest BCUT2D eigenvalue weighted by molar-refractivity contribution is 5.91. The van der Waals surface area contributed by atoms with Gasteiger partial charge in [0.05, 0.1) is 12.3 Å². The number of carbonyl (C=O) groups is 1. The van der Waals surface area contributed by atoms with Crippen LogP contribution in [0.5, 0.6) is 0 Å². The topological polar surface area (TPSA) is 75.4 Å². The van der Waals surface area contributed by atoms with Gasteiger partial charge >= 0.3 is 0 Å². The summed E-state index contributed by atoms with van der Waals surface area (Å²) in [5.41, 5.74) is 2.52. The van der Waals surface area contributed by atoms with Crippen molar-refractivity contribution in [3.05, 3.63) is 52.9 Å². The molecule has 0 atom stereocenters. The fraction of sp³-hybridized carbons (Fsp3) is 0.250. The number of nitrogens with zero attached hydrogens (tertiary/aromatic N) is 1. The van der Waals surface area contributed by atoms with Crippen LogP contribution in [0.2, 0.25) is 0 Å². The SMILES string of the molecule is Cc1cc(C(=O)NCc2ccc(C#CCCO)cc2)on1. The molecule has 0 aliphatic heterocycles. The molecular weight excluding hydrogens is 268 g/mol. The Morgan fingerprint density at radius 2 is 2.14 bits per heavy atom. The molecule has 1 heterocycles. The van der Waals surface area contributed by atoms with Crippen LogP contribution in [0.15, 0.2) is 34.9 Å². The van der Waals surface area contributed by atoms with E-state index in [-0.39, 0.29) is 18.3 Å². The zero-order valence-corrected chi connectivity index (χ0v) is 11.7. The van der Waals surface area contributed by atoms with E-state index >= 15 is 0 Å². The average Bonchev–Trinajstić information content (AvgIpc) is 2.93. The van der Waals surface area contributed by atoms with Gasteiger partial charge < -0.3 is 14.9 Å². The van der Waals surface area contributed by atoms with E-state index in [2.05, 4.69) is 22.3 Å². The predicted octanol–water partition coefficient (Wildman–Crippen LogP) is 1.65. The Morgan fingerprint density at radius 3 is 2.76 bits per heavy atom. The second-order valence-electron chi connectivity index (χ2n) is 4.49. The molecule has 2 rings (SSSR count). The van der Waals surface area contributed by atoms with Gasteiger partial charge in [0.2, 0.25) is 5.76 Å². The molecule has 1 amide bonds. The zero-order chi connectivity index (χ0) is 15.1. The van der Waals surface area contributed by atoms with Gasteiger partial charge in [0, 0.05) is 24.6 Å². The molecule has 0 bridgehead atoms. The van der Waals surface area contributed by atoms with Crippen LogP contribution >= 0.6 is 0 Å². The molecule has 2 aromatic rings.